The lowest BCUT2D eigenvalue weighted by Crippen LogP contribution is -2.28. The van der Waals surface area contributed by atoms with Gasteiger partial charge >= 0.3 is 6.18 Å². The molecule has 2 amide bonds. The first-order chi connectivity index (χ1) is 15.1. The molecule has 32 heavy (non-hydrogen) atoms. The largest absolute Gasteiger partial charge is 0.457 e. The molecule has 0 N–H and O–H groups in total. The summed E-state index contributed by atoms with van der Waals surface area (Å²) in [5, 5.41) is -0.554. The van der Waals surface area contributed by atoms with Gasteiger partial charge in [-0.25, -0.2) is 4.39 Å². The SMILES string of the molecule is O=C1S/C(=C/c2ccc(-c3ccccc3C(F)(F)F)o2)C(=O)N1Cc1c(F)cccc1Cl. The molecule has 0 unspecified atom stereocenters. The van der Waals surface area contributed by atoms with Crippen molar-refractivity contribution in [2.24, 2.45) is 0 Å². The minimum Gasteiger partial charge on any atom is -0.457 e. The third kappa shape index (κ3) is 4.31. The molecular formula is C22H12ClF4NO3S. The van der Waals surface area contributed by atoms with Gasteiger partial charge in [-0.3, -0.25) is 14.5 Å². The van der Waals surface area contributed by atoms with Crippen LogP contribution in [0.5, 0.6) is 0 Å². The zero-order valence-electron chi connectivity index (χ0n) is 16.0. The smallest absolute Gasteiger partial charge is 0.417 e. The number of carbonyl (C=O) groups excluding carboxylic acids is 2. The maximum atomic E-state index is 14.0. The van der Waals surface area contributed by atoms with Crippen molar-refractivity contribution in [3.05, 3.63) is 87.2 Å². The summed E-state index contributed by atoms with van der Waals surface area (Å²) in [7, 11) is 0. The highest BCUT2D eigenvalue weighted by Crippen LogP contribution is 2.39. The third-order valence-electron chi connectivity index (χ3n) is 4.65. The molecule has 10 heteroatoms. The van der Waals surface area contributed by atoms with Crippen LogP contribution in [-0.2, 0) is 17.5 Å². The number of amides is 2. The van der Waals surface area contributed by atoms with Gasteiger partial charge in [0, 0.05) is 22.2 Å². The summed E-state index contributed by atoms with van der Waals surface area (Å²) in [5.41, 5.74) is -1.01. The molecule has 0 radical (unpaired) electrons. The Balaban J connectivity index is 1.60. The van der Waals surface area contributed by atoms with Crippen molar-refractivity contribution in [2.75, 3.05) is 0 Å². The highest BCUT2D eigenvalue weighted by molar-refractivity contribution is 8.18. The van der Waals surface area contributed by atoms with Crippen molar-refractivity contribution in [3.63, 3.8) is 0 Å². The van der Waals surface area contributed by atoms with Gasteiger partial charge in [0.05, 0.1) is 17.0 Å². The van der Waals surface area contributed by atoms with Crippen molar-refractivity contribution in [1.82, 2.24) is 4.90 Å². The quantitative estimate of drug-likeness (QED) is 0.297. The molecule has 0 aliphatic carbocycles. The number of carbonyl (C=O) groups is 2. The highest BCUT2D eigenvalue weighted by Gasteiger charge is 2.37. The topological polar surface area (TPSA) is 50.5 Å². The monoisotopic (exact) mass is 481 g/mol. The number of rotatable bonds is 4. The number of furan rings is 1. The maximum absolute atomic E-state index is 14.0. The van der Waals surface area contributed by atoms with E-state index in [1.165, 1.54) is 54.6 Å². The molecule has 0 bridgehead atoms. The third-order valence-corrected chi connectivity index (χ3v) is 5.91. The second-order valence-electron chi connectivity index (χ2n) is 6.71. The van der Waals surface area contributed by atoms with Gasteiger partial charge in [-0.2, -0.15) is 13.2 Å². The van der Waals surface area contributed by atoms with E-state index >= 15 is 0 Å². The van der Waals surface area contributed by atoms with Crippen molar-refractivity contribution in [2.45, 2.75) is 12.7 Å². The van der Waals surface area contributed by atoms with Gasteiger partial charge in [-0.05, 0) is 42.1 Å². The van der Waals surface area contributed by atoms with Gasteiger partial charge in [0.15, 0.2) is 0 Å². The standard InChI is InChI=1S/C22H12ClF4NO3S/c23-16-6-3-7-17(24)14(16)11-28-20(29)19(32-21(28)30)10-12-8-9-18(31-12)13-4-1-2-5-15(13)22(25,26)27/h1-10H,11H2/b19-10+. The number of benzene rings is 2. The van der Waals surface area contributed by atoms with Crippen molar-refractivity contribution in [3.8, 4) is 11.3 Å². The molecule has 1 aliphatic rings. The molecule has 2 heterocycles. The molecule has 0 spiro atoms. The number of imide groups is 1. The zero-order chi connectivity index (χ0) is 23.0. The molecule has 1 saturated heterocycles. The molecule has 0 atom stereocenters. The van der Waals surface area contributed by atoms with Gasteiger partial charge < -0.3 is 4.42 Å². The van der Waals surface area contributed by atoms with E-state index in [0.29, 0.717) is 11.8 Å². The normalized spacial score (nSPS) is 15.8. The van der Waals surface area contributed by atoms with Crippen molar-refractivity contribution >= 4 is 40.6 Å². The Morgan fingerprint density at radius 2 is 1.78 bits per heavy atom. The minimum atomic E-state index is -4.57. The lowest BCUT2D eigenvalue weighted by atomic mass is 10.1. The number of nitrogens with zero attached hydrogens (tertiary/aromatic N) is 1. The molecule has 3 aromatic rings. The van der Waals surface area contributed by atoms with Crippen LogP contribution in [0.1, 0.15) is 16.9 Å². The summed E-state index contributed by atoms with van der Waals surface area (Å²) in [6, 6.07) is 11.7. The van der Waals surface area contributed by atoms with Crippen LogP contribution in [0.4, 0.5) is 22.4 Å². The fourth-order valence-electron chi connectivity index (χ4n) is 3.13. The van der Waals surface area contributed by atoms with Crippen LogP contribution in [0, 0.1) is 5.82 Å². The van der Waals surface area contributed by atoms with Crippen LogP contribution in [0.15, 0.2) is 63.9 Å². The van der Waals surface area contributed by atoms with Crippen LogP contribution in [0.25, 0.3) is 17.4 Å². The molecule has 2 aromatic carbocycles. The second kappa shape index (κ2) is 8.48. The first-order valence-corrected chi connectivity index (χ1v) is 10.3. The number of hydrogen-bond donors (Lipinski definition) is 0. The average Bonchev–Trinajstić information content (AvgIpc) is 3.30. The van der Waals surface area contributed by atoms with Gasteiger partial charge in [0.2, 0.25) is 0 Å². The first-order valence-electron chi connectivity index (χ1n) is 9.10. The maximum Gasteiger partial charge on any atom is 0.417 e. The van der Waals surface area contributed by atoms with Gasteiger partial charge in [-0.15, -0.1) is 0 Å². The summed E-state index contributed by atoms with van der Waals surface area (Å²) in [6.07, 6.45) is -3.31. The fourth-order valence-corrected chi connectivity index (χ4v) is 4.17. The van der Waals surface area contributed by atoms with E-state index < -0.39 is 28.7 Å². The number of hydrogen-bond acceptors (Lipinski definition) is 4. The zero-order valence-corrected chi connectivity index (χ0v) is 17.5. The van der Waals surface area contributed by atoms with E-state index in [0.717, 1.165) is 11.0 Å². The summed E-state index contributed by atoms with van der Waals surface area (Å²) >= 11 is 6.58. The van der Waals surface area contributed by atoms with E-state index in [2.05, 4.69) is 0 Å². The summed E-state index contributed by atoms with van der Waals surface area (Å²) in [6.45, 7) is -0.351. The Bertz CT molecular complexity index is 1230. The molecule has 4 rings (SSSR count). The molecule has 1 aromatic heterocycles. The van der Waals surface area contributed by atoms with Crippen LogP contribution in [0.2, 0.25) is 5.02 Å². The first kappa shape index (κ1) is 22.2. The predicted octanol–water partition coefficient (Wildman–Crippen LogP) is 6.99. The molecule has 0 saturated carbocycles. The molecule has 164 valence electrons. The van der Waals surface area contributed by atoms with Gasteiger partial charge in [0.25, 0.3) is 11.1 Å². The predicted molar refractivity (Wildman–Crippen MR) is 112 cm³/mol. The Morgan fingerprint density at radius 1 is 1.03 bits per heavy atom. The second-order valence-corrected chi connectivity index (χ2v) is 8.11. The van der Waals surface area contributed by atoms with E-state index in [4.69, 9.17) is 16.0 Å². The average molecular weight is 482 g/mol. The Labute approximate surface area is 188 Å². The molecule has 1 fully saturated rings. The van der Waals surface area contributed by atoms with E-state index in [1.54, 1.807) is 0 Å². The Kier molecular flexibility index (Phi) is 5.87. The summed E-state index contributed by atoms with van der Waals surface area (Å²) < 4.78 is 59.3. The van der Waals surface area contributed by atoms with Crippen molar-refractivity contribution in [1.29, 1.82) is 0 Å². The Morgan fingerprint density at radius 3 is 2.50 bits per heavy atom. The van der Waals surface area contributed by atoms with Crippen LogP contribution in [-0.4, -0.2) is 16.0 Å². The summed E-state index contributed by atoms with van der Waals surface area (Å²) in [4.78, 5) is 25.8. The van der Waals surface area contributed by atoms with Crippen LogP contribution < -0.4 is 0 Å². The molecular weight excluding hydrogens is 470 g/mol. The lowest BCUT2D eigenvalue weighted by Gasteiger charge is -2.14. The molecule has 1 aliphatic heterocycles. The fraction of sp³-hybridized carbons (Fsp3) is 0.0909. The number of alkyl halides is 3. The van der Waals surface area contributed by atoms with E-state index in [9.17, 15) is 27.2 Å². The Hall–Kier alpha value is -3.04. The highest BCUT2D eigenvalue weighted by atomic mass is 35.5. The van der Waals surface area contributed by atoms with Gasteiger partial charge in [0.1, 0.15) is 17.3 Å². The number of halogens is 5. The van der Waals surface area contributed by atoms with Crippen LogP contribution in [0.3, 0.4) is 0 Å². The molecule has 4 nitrogen and oxygen atoms in total. The van der Waals surface area contributed by atoms with E-state index in [-0.39, 0.29) is 39.1 Å². The van der Waals surface area contributed by atoms with Crippen molar-refractivity contribution < 1.29 is 31.6 Å². The van der Waals surface area contributed by atoms with E-state index in [1.807, 2.05) is 0 Å². The minimum absolute atomic E-state index is 0.00163. The summed E-state index contributed by atoms with van der Waals surface area (Å²) in [5.74, 6) is -1.29. The van der Waals surface area contributed by atoms with Crippen LogP contribution >= 0.6 is 23.4 Å². The number of thioether (sulfide) groups is 1. The lowest BCUT2D eigenvalue weighted by molar-refractivity contribution is -0.137. The van der Waals surface area contributed by atoms with Gasteiger partial charge in [-0.1, -0.05) is 35.9 Å².